The lowest BCUT2D eigenvalue weighted by molar-refractivity contribution is 1.21. The number of benzene rings is 5. The van der Waals surface area contributed by atoms with Gasteiger partial charge in [0, 0.05) is 18.4 Å². The largest absolute Gasteiger partial charge is 0.345 e. The molecule has 1 nitrogen and oxygen atoms in total. The van der Waals surface area contributed by atoms with Crippen molar-refractivity contribution in [3.63, 3.8) is 0 Å². The lowest BCUT2D eigenvalue weighted by atomic mass is 9.81. The first-order valence-electron chi connectivity index (χ1n) is 11.0. The maximum absolute atomic E-state index is 2.34. The SMILES string of the molecule is CN(c1ccccc1)c1ccc2c(c1)-c1ccccc1-c1ccccc1-c1ccccc1-2. The van der Waals surface area contributed by atoms with Gasteiger partial charge in [-0.05, 0) is 68.8 Å². The summed E-state index contributed by atoms with van der Waals surface area (Å²) in [5.74, 6) is 0. The minimum atomic E-state index is 1.18. The summed E-state index contributed by atoms with van der Waals surface area (Å²) in [7, 11) is 2.13. The molecule has 0 heterocycles. The Morgan fingerprint density at radius 2 is 0.719 bits per heavy atom. The first-order valence-corrected chi connectivity index (χ1v) is 11.0. The Bertz CT molecular complexity index is 1430. The van der Waals surface area contributed by atoms with E-state index >= 15 is 0 Å². The molecule has 0 spiro atoms. The van der Waals surface area contributed by atoms with Crippen LogP contribution in [0.3, 0.4) is 0 Å². The van der Waals surface area contributed by atoms with Gasteiger partial charge in [-0.15, -0.1) is 0 Å². The molecule has 0 fully saturated rings. The summed E-state index contributed by atoms with van der Waals surface area (Å²) >= 11 is 0. The quantitative estimate of drug-likeness (QED) is 0.277. The lowest BCUT2D eigenvalue weighted by Crippen LogP contribution is -2.09. The van der Waals surface area contributed by atoms with Gasteiger partial charge in [-0.1, -0.05) is 97.1 Å². The first kappa shape index (κ1) is 18.7. The van der Waals surface area contributed by atoms with Crippen molar-refractivity contribution in [1.82, 2.24) is 0 Å². The second kappa shape index (κ2) is 7.55. The van der Waals surface area contributed by atoms with Crippen molar-refractivity contribution in [2.24, 2.45) is 0 Å². The summed E-state index contributed by atoms with van der Waals surface area (Å²) in [6, 6.07) is 43.7. The van der Waals surface area contributed by atoms with Crippen molar-refractivity contribution in [1.29, 1.82) is 0 Å². The van der Waals surface area contributed by atoms with Gasteiger partial charge in [0.15, 0.2) is 0 Å². The molecule has 1 aliphatic carbocycles. The van der Waals surface area contributed by atoms with Crippen molar-refractivity contribution in [2.75, 3.05) is 11.9 Å². The molecule has 0 amide bonds. The van der Waals surface area contributed by atoms with Crippen molar-refractivity contribution in [3.8, 4) is 44.5 Å². The predicted octanol–water partition coefficient (Wildman–Crippen LogP) is 8.44. The van der Waals surface area contributed by atoms with Gasteiger partial charge in [-0.2, -0.15) is 0 Å². The van der Waals surface area contributed by atoms with Gasteiger partial charge in [-0.3, -0.25) is 0 Å². The van der Waals surface area contributed by atoms with Crippen molar-refractivity contribution in [2.45, 2.75) is 0 Å². The molecule has 5 aromatic rings. The monoisotopic (exact) mass is 409 g/mol. The molecule has 32 heavy (non-hydrogen) atoms. The number of hydrogen-bond acceptors (Lipinski definition) is 1. The Morgan fingerprint density at radius 1 is 0.344 bits per heavy atom. The van der Waals surface area contributed by atoms with Gasteiger partial charge in [0.2, 0.25) is 0 Å². The van der Waals surface area contributed by atoms with Crippen molar-refractivity contribution < 1.29 is 0 Å². The van der Waals surface area contributed by atoms with E-state index in [0.717, 1.165) is 0 Å². The molecule has 0 aliphatic heterocycles. The van der Waals surface area contributed by atoms with Crippen molar-refractivity contribution in [3.05, 3.63) is 121 Å². The number of hydrogen-bond donors (Lipinski definition) is 0. The molecule has 5 aromatic carbocycles. The zero-order chi connectivity index (χ0) is 21.5. The van der Waals surface area contributed by atoms with Crippen LogP contribution in [0.5, 0.6) is 0 Å². The number of para-hydroxylation sites is 1. The van der Waals surface area contributed by atoms with Crippen LogP contribution in [0.25, 0.3) is 44.5 Å². The molecule has 6 rings (SSSR count). The Balaban J connectivity index is 1.66. The number of nitrogens with zero attached hydrogens (tertiary/aromatic N) is 1. The van der Waals surface area contributed by atoms with E-state index in [9.17, 15) is 0 Å². The van der Waals surface area contributed by atoms with Crippen LogP contribution in [-0.2, 0) is 0 Å². The highest BCUT2D eigenvalue weighted by atomic mass is 15.1. The fourth-order valence-corrected chi connectivity index (χ4v) is 4.86. The molecule has 0 radical (unpaired) electrons. The molecule has 0 saturated heterocycles. The average Bonchev–Trinajstić information content (AvgIpc) is 2.88. The second-order valence-corrected chi connectivity index (χ2v) is 8.26. The zero-order valence-electron chi connectivity index (χ0n) is 18.0. The minimum Gasteiger partial charge on any atom is -0.345 e. The molecular formula is C31H23N. The summed E-state index contributed by atoms with van der Waals surface area (Å²) < 4.78 is 0. The number of rotatable bonds is 2. The van der Waals surface area contributed by atoms with E-state index in [2.05, 4.69) is 133 Å². The highest BCUT2D eigenvalue weighted by Crippen LogP contribution is 2.48. The zero-order valence-corrected chi connectivity index (χ0v) is 18.0. The molecule has 152 valence electrons. The smallest absolute Gasteiger partial charge is 0.0414 e. The molecule has 1 heteroatoms. The van der Waals surface area contributed by atoms with E-state index in [1.165, 1.54) is 55.9 Å². The molecule has 0 N–H and O–H groups in total. The third-order valence-electron chi connectivity index (χ3n) is 6.48. The third-order valence-corrected chi connectivity index (χ3v) is 6.48. The van der Waals surface area contributed by atoms with Gasteiger partial charge in [0.05, 0.1) is 0 Å². The van der Waals surface area contributed by atoms with Gasteiger partial charge < -0.3 is 4.90 Å². The van der Waals surface area contributed by atoms with Crippen LogP contribution in [0.15, 0.2) is 121 Å². The highest BCUT2D eigenvalue weighted by Gasteiger charge is 2.22. The minimum absolute atomic E-state index is 1.18. The highest BCUT2D eigenvalue weighted by molar-refractivity contribution is 6.03. The Morgan fingerprint density at radius 3 is 1.19 bits per heavy atom. The maximum Gasteiger partial charge on any atom is 0.0414 e. The Kier molecular flexibility index (Phi) is 4.40. The topological polar surface area (TPSA) is 3.24 Å². The van der Waals surface area contributed by atoms with Crippen LogP contribution >= 0.6 is 0 Å². The van der Waals surface area contributed by atoms with E-state index in [1.54, 1.807) is 0 Å². The van der Waals surface area contributed by atoms with Crippen LogP contribution in [0.4, 0.5) is 11.4 Å². The fraction of sp³-hybridized carbons (Fsp3) is 0.0323. The van der Waals surface area contributed by atoms with Gasteiger partial charge >= 0.3 is 0 Å². The molecule has 0 saturated carbocycles. The lowest BCUT2D eigenvalue weighted by Gasteiger charge is -2.25. The van der Waals surface area contributed by atoms with E-state index in [0.29, 0.717) is 0 Å². The Labute approximate surface area is 189 Å². The van der Waals surface area contributed by atoms with Gasteiger partial charge in [0.25, 0.3) is 0 Å². The summed E-state index contributed by atoms with van der Waals surface area (Å²) in [6.07, 6.45) is 0. The molecule has 0 aromatic heterocycles. The maximum atomic E-state index is 2.34. The van der Waals surface area contributed by atoms with Crippen molar-refractivity contribution >= 4 is 11.4 Å². The standard InChI is InChI=1S/C31H23N/c1-32(22-11-3-2-4-12-22)23-19-20-30-28-17-8-7-15-26(28)24-13-5-6-14-25(24)27-16-9-10-18-29(27)31(30)21-23/h2-21H,1H3. The van der Waals surface area contributed by atoms with Gasteiger partial charge in [-0.25, -0.2) is 0 Å². The summed E-state index contributed by atoms with van der Waals surface area (Å²) in [4.78, 5) is 2.25. The van der Waals surface area contributed by atoms with Crippen LogP contribution in [0.2, 0.25) is 0 Å². The molecular weight excluding hydrogens is 386 g/mol. The average molecular weight is 410 g/mol. The summed E-state index contributed by atoms with van der Waals surface area (Å²) in [5, 5.41) is 0. The molecule has 0 bridgehead atoms. The second-order valence-electron chi connectivity index (χ2n) is 8.26. The molecule has 0 unspecified atom stereocenters. The normalized spacial score (nSPS) is 11.3. The van der Waals surface area contributed by atoms with E-state index in [-0.39, 0.29) is 0 Å². The van der Waals surface area contributed by atoms with Gasteiger partial charge in [0.1, 0.15) is 0 Å². The predicted molar refractivity (Wildman–Crippen MR) is 136 cm³/mol. The summed E-state index contributed by atoms with van der Waals surface area (Å²) in [6.45, 7) is 0. The molecule has 0 atom stereocenters. The Hall–Kier alpha value is -4.10. The van der Waals surface area contributed by atoms with Crippen LogP contribution in [0, 0.1) is 0 Å². The molecule has 1 aliphatic rings. The van der Waals surface area contributed by atoms with E-state index in [4.69, 9.17) is 0 Å². The summed E-state index contributed by atoms with van der Waals surface area (Å²) in [5.41, 5.74) is 12.6. The van der Waals surface area contributed by atoms with E-state index in [1.807, 2.05) is 0 Å². The fourth-order valence-electron chi connectivity index (χ4n) is 4.86. The van der Waals surface area contributed by atoms with Crippen LogP contribution in [0.1, 0.15) is 0 Å². The number of fused-ring (bicyclic) bond motifs is 8. The van der Waals surface area contributed by atoms with Crippen LogP contribution < -0.4 is 4.90 Å². The first-order chi connectivity index (χ1) is 15.8. The van der Waals surface area contributed by atoms with E-state index < -0.39 is 0 Å². The van der Waals surface area contributed by atoms with Crippen LogP contribution in [-0.4, -0.2) is 7.05 Å². The number of anilines is 2. The third kappa shape index (κ3) is 2.94.